The van der Waals surface area contributed by atoms with E-state index in [9.17, 15) is 0 Å². The maximum Gasteiger partial charge on any atom is 0.157 e. The molecule has 11 heavy (non-hydrogen) atoms. The highest BCUT2D eigenvalue weighted by molar-refractivity contribution is 4.81. The van der Waals surface area contributed by atoms with Gasteiger partial charge in [0.25, 0.3) is 0 Å². The van der Waals surface area contributed by atoms with E-state index in [0.29, 0.717) is 0 Å². The number of aliphatic hydroxyl groups excluding tert-OH is 4. The summed E-state index contributed by atoms with van der Waals surface area (Å²) >= 11 is 0. The third-order valence-corrected chi connectivity index (χ3v) is 1.73. The largest absolute Gasteiger partial charge is 0.394 e. The summed E-state index contributed by atoms with van der Waals surface area (Å²) in [5, 5.41) is 35.6. The Morgan fingerprint density at radius 1 is 1.27 bits per heavy atom. The molecule has 0 radical (unpaired) electrons. The van der Waals surface area contributed by atoms with Gasteiger partial charge in [0.05, 0.1) is 12.7 Å². The van der Waals surface area contributed by atoms with Gasteiger partial charge in [-0.15, -0.1) is 0 Å². The molecule has 5 heteroatoms. The van der Waals surface area contributed by atoms with Crippen molar-refractivity contribution in [2.24, 2.45) is 0 Å². The SMILES string of the molecule is OC[C@@H]1O[C@@H](O)C[C@H](O)[C@@H]1O. The van der Waals surface area contributed by atoms with Crippen LogP contribution in [-0.4, -0.2) is 51.6 Å². The second kappa shape index (κ2) is 3.46. The molecule has 0 aliphatic carbocycles. The topological polar surface area (TPSA) is 90.2 Å². The minimum absolute atomic E-state index is 0.0162. The molecule has 1 aliphatic heterocycles. The zero-order chi connectivity index (χ0) is 8.43. The molecule has 0 amide bonds. The molecule has 0 unspecified atom stereocenters. The third-order valence-electron chi connectivity index (χ3n) is 1.73. The molecule has 0 bridgehead atoms. The Balaban J connectivity index is 2.51. The smallest absolute Gasteiger partial charge is 0.157 e. The van der Waals surface area contributed by atoms with Crippen molar-refractivity contribution in [2.75, 3.05) is 6.61 Å². The lowest BCUT2D eigenvalue weighted by molar-refractivity contribution is -0.239. The van der Waals surface area contributed by atoms with E-state index < -0.39 is 31.2 Å². The average Bonchev–Trinajstić information content (AvgIpc) is 1.96. The predicted molar refractivity (Wildman–Crippen MR) is 34.6 cm³/mol. The maximum absolute atomic E-state index is 9.11. The molecule has 1 heterocycles. The molecule has 0 aromatic rings. The fourth-order valence-electron chi connectivity index (χ4n) is 1.08. The van der Waals surface area contributed by atoms with E-state index in [-0.39, 0.29) is 6.42 Å². The fraction of sp³-hybridized carbons (Fsp3) is 1.00. The summed E-state index contributed by atoms with van der Waals surface area (Å²) in [5.74, 6) is 0. The molecule has 66 valence electrons. The van der Waals surface area contributed by atoms with Gasteiger partial charge in [0.15, 0.2) is 6.29 Å². The highest BCUT2D eigenvalue weighted by Gasteiger charge is 2.35. The Labute approximate surface area is 63.8 Å². The van der Waals surface area contributed by atoms with Gasteiger partial charge in [0.2, 0.25) is 0 Å². The van der Waals surface area contributed by atoms with Crippen LogP contribution < -0.4 is 0 Å². The van der Waals surface area contributed by atoms with Crippen molar-refractivity contribution in [1.82, 2.24) is 0 Å². The molecular formula is C6H12O5. The van der Waals surface area contributed by atoms with Crippen LogP contribution in [0.25, 0.3) is 0 Å². The van der Waals surface area contributed by atoms with Gasteiger partial charge >= 0.3 is 0 Å². The summed E-state index contributed by atoms with van der Waals surface area (Å²) in [4.78, 5) is 0. The molecule has 0 saturated carbocycles. The van der Waals surface area contributed by atoms with E-state index in [1.807, 2.05) is 0 Å². The van der Waals surface area contributed by atoms with E-state index in [1.165, 1.54) is 0 Å². The van der Waals surface area contributed by atoms with Gasteiger partial charge in [-0.25, -0.2) is 0 Å². The number of ether oxygens (including phenoxy) is 1. The molecule has 0 aromatic heterocycles. The Hall–Kier alpha value is -0.200. The summed E-state index contributed by atoms with van der Waals surface area (Å²) in [6.07, 6.45) is -4.11. The summed E-state index contributed by atoms with van der Waals surface area (Å²) in [5.41, 5.74) is 0. The summed E-state index contributed by atoms with van der Waals surface area (Å²) in [6, 6.07) is 0. The minimum Gasteiger partial charge on any atom is -0.394 e. The Bertz CT molecular complexity index is 128. The second-order valence-electron chi connectivity index (χ2n) is 2.61. The maximum atomic E-state index is 9.11. The zero-order valence-corrected chi connectivity index (χ0v) is 5.92. The lowest BCUT2D eigenvalue weighted by atomic mass is 10.0. The standard InChI is InChI=1S/C6H12O5/c7-2-4-6(10)3(8)1-5(9)11-4/h3-10H,1-2H2/t3-,4-,5+,6-/m0/s1. The van der Waals surface area contributed by atoms with E-state index in [0.717, 1.165) is 0 Å². The van der Waals surface area contributed by atoms with Gasteiger partial charge < -0.3 is 25.2 Å². The van der Waals surface area contributed by atoms with Crippen LogP contribution in [0, 0.1) is 0 Å². The highest BCUT2D eigenvalue weighted by Crippen LogP contribution is 2.18. The minimum atomic E-state index is -1.11. The quantitative estimate of drug-likeness (QED) is 0.353. The summed E-state index contributed by atoms with van der Waals surface area (Å²) in [7, 11) is 0. The molecule has 5 nitrogen and oxygen atoms in total. The van der Waals surface area contributed by atoms with Gasteiger partial charge in [-0.05, 0) is 0 Å². The first-order valence-electron chi connectivity index (χ1n) is 3.45. The molecule has 1 saturated heterocycles. The van der Waals surface area contributed by atoms with Crippen LogP contribution in [0.3, 0.4) is 0 Å². The van der Waals surface area contributed by atoms with Crippen molar-refractivity contribution >= 4 is 0 Å². The zero-order valence-electron chi connectivity index (χ0n) is 5.92. The number of hydrogen-bond acceptors (Lipinski definition) is 5. The van der Waals surface area contributed by atoms with Gasteiger partial charge in [-0.1, -0.05) is 0 Å². The Morgan fingerprint density at radius 3 is 2.45 bits per heavy atom. The first kappa shape index (κ1) is 8.89. The van der Waals surface area contributed by atoms with Gasteiger partial charge in [0.1, 0.15) is 12.2 Å². The lowest BCUT2D eigenvalue weighted by Crippen LogP contribution is -2.49. The van der Waals surface area contributed by atoms with Gasteiger partial charge in [-0.3, -0.25) is 0 Å². The average molecular weight is 164 g/mol. The van der Waals surface area contributed by atoms with Crippen molar-refractivity contribution < 1.29 is 25.2 Å². The normalized spacial score (nSPS) is 45.8. The molecule has 4 atom stereocenters. The molecule has 0 aromatic carbocycles. The summed E-state index contributed by atoms with van der Waals surface area (Å²) < 4.78 is 4.71. The molecular weight excluding hydrogens is 152 g/mol. The molecule has 1 aliphatic rings. The van der Waals surface area contributed by atoms with Gasteiger partial charge in [-0.2, -0.15) is 0 Å². The van der Waals surface area contributed by atoms with Crippen molar-refractivity contribution in [3.05, 3.63) is 0 Å². The predicted octanol–water partition coefficient (Wildman–Crippen LogP) is -2.19. The molecule has 4 N–H and O–H groups in total. The van der Waals surface area contributed by atoms with Crippen LogP contribution in [0.1, 0.15) is 6.42 Å². The van der Waals surface area contributed by atoms with Crippen molar-refractivity contribution in [3.63, 3.8) is 0 Å². The van der Waals surface area contributed by atoms with Crippen LogP contribution >= 0.6 is 0 Å². The number of rotatable bonds is 1. The van der Waals surface area contributed by atoms with Crippen LogP contribution in [0.5, 0.6) is 0 Å². The van der Waals surface area contributed by atoms with E-state index in [2.05, 4.69) is 0 Å². The summed E-state index contributed by atoms with van der Waals surface area (Å²) in [6.45, 7) is -0.407. The van der Waals surface area contributed by atoms with Crippen molar-refractivity contribution in [3.8, 4) is 0 Å². The van der Waals surface area contributed by atoms with Crippen LogP contribution in [0.4, 0.5) is 0 Å². The van der Waals surface area contributed by atoms with Crippen molar-refractivity contribution in [1.29, 1.82) is 0 Å². The van der Waals surface area contributed by atoms with Crippen LogP contribution in [0.2, 0.25) is 0 Å². The van der Waals surface area contributed by atoms with Crippen LogP contribution in [0.15, 0.2) is 0 Å². The monoisotopic (exact) mass is 164 g/mol. The van der Waals surface area contributed by atoms with Crippen LogP contribution in [-0.2, 0) is 4.74 Å². The Morgan fingerprint density at radius 2 is 1.91 bits per heavy atom. The fourth-order valence-corrected chi connectivity index (χ4v) is 1.08. The lowest BCUT2D eigenvalue weighted by Gasteiger charge is -2.33. The highest BCUT2D eigenvalue weighted by atomic mass is 16.6. The number of aliphatic hydroxyl groups is 4. The molecule has 0 spiro atoms. The van der Waals surface area contributed by atoms with E-state index in [4.69, 9.17) is 25.2 Å². The third kappa shape index (κ3) is 1.88. The van der Waals surface area contributed by atoms with E-state index in [1.54, 1.807) is 0 Å². The van der Waals surface area contributed by atoms with Crippen molar-refractivity contribution in [2.45, 2.75) is 31.0 Å². The Kier molecular flexibility index (Phi) is 2.80. The molecule has 1 fully saturated rings. The number of hydrogen-bond donors (Lipinski definition) is 4. The second-order valence-corrected chi connectivity index (χ2v) is 2.61. The first-order valence-corrected chi connectivity index (χ1v) is 3.45. The molecule has 1 rings (SSSR count). The first-order chi connectivity index (χ1) is 5.15. The van der Waals surface area contributed by atoms with Gasteiger partial charge in [0, 0.05) is 6.42 Å². The van der Waals surface area contributed by atoms with E-state index >= 15 is 0 Å².